The zero-order chi connectivity index (χ0) is 14.9. The molecule has 0 radical (unpaired) electrons. The van der Waals surface area contributed by atoms with Crippen LogP contribution in [0.2, 0.25) is 0 Å². The van der Waals surface area contributed by atoms with Crippen LogP contribution in [0, 0.1) is 11.7 Å². The second-order valence-electron chi connectivity index (χ2n) is 5.74. The van der Waals surface area contributed by atoms with Crippen molar-refractivity contribution in [3.05, 3.63) is 35.6 Å². The second kappa shape index (κ2) is 9.13. The summed E-state index contributed by atoms with van der Waals surface area (Å²) >= 11 is 0. The van der Waals surface area contributed by atoms with E-state index in [9.17, 15) is 4.39 Å². The first-order chi connectivity index (χ1) is 10.3. The molecule has 21 heavy (non-hydrogen) atoms. The van der Waals surface area contributed by atoms with E-state index in [1.807, 2.05) is 12.1 Å². The van der Waals surface area contributed by atoms with Gasteiger partial charge >= 0.3 is 0 Å². The minimum absolute atomic E-state index is 0.170. The minimum Gasteiger partial charge on any atom is -0.383 e. The van der Waals surface area contributed by atoms with Gasteiger partial charge in [0.15, 0.2) is 0 Å². The van der Waals surface area contributed by atoms with Gasteiger partial charge in [0.05, 0.1) is 6.61 Å². The third kappa shape index (κ3) is 5.73. The molecule has 118 valence electrons. The predicted molar refractivity (Wildman–Crippen MR) is 82.0 cm³/mol. The number of hydrogen-bond acceptors (Lipinski definition) is 3. The van der Waals surface area contributed by atoms with Gasteiger partial charge in [-0.1, -0.05) is 12.1 Å². The molecule has 1 fully saturated rings. The Morgan fingerprint density at radius 2 is 2.00 bits per heavy atom. The number of methoxy groups -OCH3 is 1. The summed E-state index contributed by atoms with van der Waals surface area (Å²) in [6.45, 7) is 4.22. The highest BCUT2D eigenvalue weighted by Crippen LogP contribution is 2.29. The standard InChI is InChI=1S/C17H26FNO2/c1-20-11-8-19-13-16(12-14-6-9-21-10-7-14)15-2-4-17(18)5-3-15/h2-5,14,16,19H,6-13H2,1H3. The van der Waals surface area contributed by atoms with E-state index in [0.29, 0.717) is 18.4 Å². The number of hydrogen-bond donors (Lipinski definition) is 1. The topological polar surface area (TPSA) is 30.5 Å². The molecule has 1 N–H and O–H groups in total. The van der Waals surface area contributed by atoms with Crippen LogP contribution in [0.5, 0.6) is 0 Å². The van der Waals surface area contributed by atoms with Gasteiger partial charge in [0.2, 0.25) is 0 Å². The molecule has 0 amide bonds. The van der Waals surface area contributed by atoms with Crippen molar-refractivity contribution < 1.29 is 13.9 Å². The largest absolute Gasteiger partial charge is 0.383 e. The van der Waals surface area contributed by atoms with Crippen molar-refractivity contribution >= 4 is 0 Å². The Hall–Kier alpha value is -0.970. The molecule has 0 aliphatic carbocycles. The first-order valence-electron chi connectivity index (χ1n) is 7.82. The van der Waals surface area contributed by atoms with Crippen molar-refractivity contribution in [3.63, 3.8) is 0 Å². The Kier molecular flexibility index (Phi) is 7.13. The van der Waals surface area contributed by atoms with E-state index in [2.05, 4.69) is 5.32 Å². The van der Waals surface area contributed by atoms with E-state index < -0.39 is 0 Å². The summed E-state index contributed by atoms with van der Waals surface area (Å²) < 4.78 is 23.6. The SMILES string of the molecule is COCCNCC(CC1CCOCC1)c1ccc(F)cc1. The van der Waals surface area contributed by atoms with Gasteiger partial charge in [0.1, 0.15) is 5.82 Å². The van der Waals surface area contributed by atoms with E-state index in [-0.39, 0.29) is 5.82 Å². The third-order valence-corrected chi connectivity index (χ3v) is 4.17. The number of rotatable bonds is 8. The first-order valence-corrected chi connectivity index (χ1v) is 7.82. The summed E-state index contributed by atoms with van der Waals surface area (Å²) in [7, 11) is 1.71. The molecule has 4 heteroatoms. The summed E-state index contributed by atoms with van der Waals surface area (Å²) in [5, 5.41) is 3.44. The maximum Gasteiger partial charge on any atom is 0.123 e. The fourth-order valence-electron chi connectivity index (χ4n) is 2.91. The van der Waals surface area contributed by atoms with Crippen molar-refractivity contribution in [2.45, 2.75) is 25.2 Å². The zero-order valence-corrected chi connectivity index (χ0v) is 12.8. The maximum absolute atomic E-state index is 13.1. The van der Waals surface area contributed by atoms with Gasteiger partial charge in [-0.25, -0.2) is 4.39 Å². The molecule has 0 aromatic heterocycles. The number of nitrogens with one attached hydrogen (secondary N) is 1. The highest BCUT2D eigenvalue weighted by molar-refractivity contribution is 5.21. The Labute approximate surface area is 126 Å². The van der Waals surface area contributed by atoms with Crippen LogP contribution in [0.4, 0.5) is 4.39 Å². The normalized spacial score (nSPS) is 17.8. The molecule has 1 heterocycles. The summed E-state index contributed by atoms with van der Waals surface area (Å²) in [4.78, 5) is 0. The van der Waals surface area contributed by atoms with E-state index in [4.69, 9.17) is 9.47 Å². The molecule has 0 spiro atoms. The predicted octanol–water partition coefficient (Wildman–Crippen LogP) is 2.96. The quantitative estimate of drug-likeness (QED) is 0.748. The Balaban J connectivity index is 1.93. The lowest BCUT2D eigenvalue weighted by Crippen LogP contribution is -2.27. The van der Waals surface area contributed by atoms with Gasteiger partial charge in [-0.15, -0.1) is 0 Å². The lowest BCUT2D eigenvalue weighted by Gasteiger charge is -2.27. The molecule has 0 saturated carbocycles. The van der Waals surface area contributed by atoms with Crippen LogP contribution in [-0.4, -0.2) is 40.0 Å². The zero-order valence-electron chi connectivity index (χ0n) is 12.8. The van der Waals surface area contributed by atoms with E-state index in [1.165, 1.54) is 5.56 Å². The number of halogens is 1. The van der Waals surface area contributed by atoms with Crippen molar-refractivity contribution in [1.82, 2.24) is 5.32 Å². The first kappa shape index (κ1) is 16.4. The third-order valence-electron chi connectivity index (χ3n) is 4.17. The highest BCUT2D eigenvalue weighted by atomic mass is 19.1. The Morgan fingerprint density at radius 3 is 2.67 bits per heavy atom. The van der Waals surface area contributed by atoms with Gasteiger partial charge in [0.25, 0.3) is 0 Å². The van der Waals surface area contributed by atoms with Crippen LogP contribution in [0.25, 0.3) is 0 Å². The van der Waals surface area contributed by atoms with E-state index in [1.54, 1.807) is 19.2 Å². The van der Waals surface area contributed by atoms with Crippen LogP contribution < -0.4 is 5.32 Å². The highest BCUT2D eigenvalue weighted by Gasteiger charge is 2.20. The van der Waals surface area contributed by atoms with Gasteiger partial charge in [0, 0.05) is 33.4 Å². The summed E-state index contributed by atoms with van der Waals surface area (Å²) in [5.41, 5.74) is 1.22. The molecule has 1 aliphatic heterocycles. The smallest absolute Gasteiger partial charge is 0.123 e. The summed E-state index contributed by atoms with van der Waals surface area (Å²) in [6.07, 6.45) is 3.40. The lowest BCUT2D eigenvalue weighted by atomic mass is 9.85. The van der Waals surface area contributed by atoms with Gasteiger partial charge in [-0.3, -0.25) is 0 Å². The van der Waals surface area contributed by atoms with Crippen molar-refractivity contribution in [1.29, 1.82) is 0 Å². The second-order valence-corrected chi connectivity index (χ2v) is 5.74. The fraction of sp³-hybridized carbons (Fsp3) is 0.647. The molecule has 1 aromatic rings. The molecular weight excluding hydrogens is 269 g/mol. The van der Waals surface area contributed by atoms with E-state index >= 15 is 0 Å². The van der Waals surface area contributed by atoms with Crippen LogP contribution >= 0.6 is 0 Å². The monoisotopic (exact) mass is 295 g/mol. The Bertz CT molecular complexity index is 390. The molecule has 1 aromatic carbocycles. The Morgan fingerprint density at radius 1 is 1.29 bits per heavy atom. The average Bonchev–Trinajstić information content (AvgIpc) is 2.52. The molecule has 1 saturated heterocycles. The van der Waals surface area contributed by atoms with Gasteiger partial charge in [-0.05, 0) is 48.8 Å². The maximum atomic E-state index is 13.1. The van der Waals surface area contributed by atoms with Crippen molar-refractivity contribution in [2.24, 2.45) is 5.92 Å². The minimum atomic E-state index is -0.170. The van der Waals surface area contributed by atoms with Crippen LogP contribution in [0.3, 0.4) is 0 Å². The van der Waals surface area contributed by atoms with Crippen molar-refractivity contribution in [3.8, 4) is 0 Å². The molecule has 2 rings (SSSR count). The summed E-state index contributed by atoms with van der Waals surface area (Å²) in [5.74, 6) is 0.958. The molecule has 1 unspecified atom stereocenters. The molecule has 1 aliphatic rings. The van der Waals surface area contributed by atoms with Crippen molar-refractivity contribution in [2.75, 3.05) is 40.0 Å². The summed E-state index contributed by atoms with van der Waals surface area (Å²) in [6, 6.07) is 6.94. The van der Waals surface area contributed by atoms with E-state index in [0.717, 1.165) is 45.6 Å². The molecule has 1 atom stereocenters. The van der Waals surface area contributed by atoms with Gasteiger partial charge in [-0.2, -0.15) is 0 Å². The van der Waals surface area contributed by atoms with Crippen LogP contribution in [0.15, 0.2) is 24.3 Å². The average molecular weight is 295 g/mol. The van der Waals surface area contributed by atoms with Crippen LogP contribution in [-0.2, 0) is 9.47 Å². The molecular formula is C17H26FNO2. The fourth-order valence-corrected chi connectivity index (χ4v) is 2.91. The number of ether oxygens (including phenoxy) is 2. The van der Waals surface area contributed by atoms with Gasteiger partial charge < -0.3 is 14.8 Å². The number of benzene rings is 1. The van der Waals surface area contributed by atoms with Crippen LogP contribution in [0.1, 0.15) is 30.7 Å². The lowest BCUT2D eigenvalue weighted by molar-refractivity contribution is 0.0616. The molecule has 3 nitrogen and oxygen atoms in total. The molecule has 0 bridgehead atoms.